The second kappa shape index (κ2) is 4.24. The van der Waals surface area contributed by atoms with Gasteiger partial charge in [0.05, 0.1) is 5.69 Å². The molecule has 2 aromatic heterocycles. The molecule has 0 aliphatic carbocycles. The summed E-state index contributed by atoms with van der Waals surface area (Å²) in [7, 11) is 0. The molecule has 0 amide bonds. The van der Waals surface area contributed by atoms with Crippen molar-refractivity contribution in [3.8, 4) is 0 Å². The fraction of sp³-hybridized carbons (Fsp3) is 0.444. The molecule has 0 aliphatic heterocycles. The van der Waals surface area contributed by atoms with Crippen LogP contribution in [0, 0.1) is 0 Å². The number of thiazole rings is 1. The van der Waals surface area contributed by atoms with E-state index >= 15 is 0 Å². The molecule has 0 bridgehead atoms. The van der Waals surface area contributed by atoms with Crippen LogP contribution in [0.15, 0.2) is 17.8 Å². The van der Waals surface area contributed by atoms with Gasteiger partial charge in [0.25, 0.3) is 0 Å². The molecule has 70 valence electrons. The van der Waals surface area contributed by atoms with E-state index in [9.17, 15) is 0 Å². The van der Waals surface area contributed by atoms with E-state index in [1.807, 2.05) is 0 Å². The first-order valence-electron chi connectivity index (χ1n) is 4.37. The average molecular weight is 259 g/mol. The van der Waals surface area contributed by atoms with Gasteiger partial charge in [0.1, 0.15) is 0 Å². The molecule has 0 fully saturated rings. The molecule has 2 nitrogen and oxygen atoms in total. The van der Waals surface area contributed by atoms with Crippen molar-refractivity contribution in [1.29, 1.82) is 0 Å². The fourth-order valence-corrected chi connectivity index (χ4v) is 2.41. The van der Waals surface area contributed by atoms with Gasteiger partial charge in [-0.25, -0.2) is 4.98 Å². The Morgan fingerprint density at radius 3 is 3.15 bits per heavy atom. The lowest BCUT2D eigenvalue weighted by Gasteiger charge is -1.92. The number of hydrogen-bond acceptors (Lipinski definition) is 2. The van der Waals surface area contributed by atoms with Gasteiger partial charge in [-0.3, -0.25) is 4.40 Å². The Morgan fingerprint density at radius 2 is 2.38 bits per heavy atom. The van der Waals surface area contributed by atoms with Gasteiger partial charge in [0.2, 0.25) is 0 Å². The monoisotopic (exact) mass is 258 g/mol. The van der Waals surface area contributed by atoms with Crippen LogP contribution in [0.3, 0.4) is 0 Å². The summed E-state index contributed by atoms with van der Waals surface area (Å²) in [5, 5.41) is 3.15. The van der Waals surface area contributed by atoms with Crippen molar-refractivity contribution < 1.29 is 0 Å². The number of unbranched alkanes of at least 4 members (excludes halogenated alkanes) is 1. The molecule has 2 heterocycles. The Labute approximate surface area is 89.7 Å². The second-order valence-corrected chi connectivity index (χ2v) is 4.64. The lowest BCUT2D eigenvalue weighted by Crippen LogP contribution is -1.85. The van der Waals surface area contributed by atoms with Crippen molar-refractivity contribution in [1.82, 2.24) is 9.38 Å². The Balaban J connectivity index is 2.03. The number of alkyl halides is 1. The smallest absolute Gasteiger partial charge is 0.193 e. The topological polar surface area (TPSA) is 17.3 Å². The van der Waals surface area contributed by atoms with Gasteiger partial charge in [-0.15, -0.1) is 11.3 Å². The highest BCUT2D eigenvalue weighted by molar-refractivity contribution is 9.09. The van der Waals surface area contributed by atoms with Gasteiger partial charge >= 0.3 is 0 Å². The number of hydrogen-bond donors (Lipinski definition) is 0. The fourth-order valence-electron chi connectivity index (χ4n) is 1.30. The number of fused-ring (bicyclic) bond motifs is 1. The van der Waals surface area contributed by atoms with Crippen LogP contribution in [0.4, 0.5) is 0 Å². The molecule has 0 saturated heterocycles. The minimum absolute atomic E-state index is 1.09. The maximum absolute atomic E-state index is 4.51. The summed E-state index contributed by atoms with van der Waals surface area (Å²) in [5.41, 5.74) is 1.22. The molecule has 4 heteroatoms. The Hall–Kier alpha value is -0.350. The average Bonchev–Trinajstić information content (AvgIpc) is 2.64. The molecule has 0 atom stereocenters. The van der Waals surface area contributed by atoms with Crippen LogP contribution in [0.1, 0.15) is 18.5 Å². The molecule has 0 spiro atoms. The van der Waals surface area contributed by atoms with E-state index in [0.29, 0.717) is 0 Å². The van der Waals surface area contributed by atoms with E-state index in [-0.39, 0.29) is 0 Å². The first-order valence-corrected chi connectivity index (χ1v) is 6.37. The van der Waals surface area contributed by atoms with Crippen molar-refractivity contribution in [2.24, 2.45) is 0 Å². The van der Waals surface area contributed by atoms with E-state index in [0.717, 1.165) is 16.7 Å². The summed E-state index contributed by atoms with van der Waals surface area (Å²) in [6, 6.07) is 0. The lowest BCUT2D eigenvalue weighted by molar-refractivity contribution is 0.791. The van der Waals surface area contributed by atoms with Gasteiger partial charge in [-0.1, -0.05) is 15.9 Å². The van der Waals surface area contributed by atoms with Crippen LogP contribution < -0.4 is 0 Å². The largest absolute Gasteiger partial charge is 0.297 e. The van der Waals surface area contributed by atoms with Crippen LogP contribution in [0.2, 0.25) is 0 Å². The van der Waals surface area contributed by atoms with Gasteiger partial charge in [0, 0.05) is 23.1 Å². The van der Waals surface area contributed by atoms with E-state index in [2.05, 4.69) is 43.1 Å². The second-order valence-electron chi connectivity index (χ2n) is 2.97. The number of imidazole rings is 1. The van der Waals surface area contributed by atoms with Crippen LogP contribution in [0.25, 0.3) is 4.96 Å². The van der Waals surface area contributed by atoms with Gasteiger partial charge in [-0.2, -0.15) is 0 Å². The predicted molar refractivity (Wildman–Crippen MR) is 59.8 cm³/mol. The van der Waals surface area contributed by atoms with Gasteiger partial charge in [0.15, 0.2) is 4.96 Å². The summed E-state index contributed by atoms with van der Waals surface area (Å²) in [5.74, 6) is 0. The SMILES string of the molecule is BrCCCCc1cn2ccsc2n1. The highest BCUT2D eigenvalue weighted by Gasteiger charge is 2.01. The maximum atomic E-state index is 4.51. The summed E-state index contributed by atoms with van der Waals surface area (Å²) in [4.78, 5) is 5.62. The van der Waals surface area contributed by atoms with Crippen LogP contribution in [-0.4, -0.2) is 14.7 Å². The van der Waals surface area contributed by atoms with Crippen molar-refractivity contribution in [2.45, 2.75) is 19.3 Å². The number of aromatic nitrogens is 2. The zero-order valence-electron chi connectivity index (χ0n) is 7.24. The molecule has 2 rings (SSSR count). The number of aryl methyl sites for hydroxylation is 1. The highest BCUT2D eigenvalue weighted by atomic mass is 79.9. The minimum Gasteiger partial charge on any atom is -0.297 e. The molecule has 0 N–H and O–H groups in total. The van der Waals surface area contributed by atoms with E-state index in [1.54, 1.807) is 11.3 Å². The van der Waals surface area contributed by atoms with Gasteiger partial charge < -0.3 is 0 Å². The van der Waals surface area contributed by atoms with Crippen LogP contribution >= 0.6 is 27.3 Å². The normalized spacial score (nSPS) is 11.2. The molecular weight excluding hydrogens is 248 g/mol. The third-order valence-electron chi connectivity index (χ3n) is 1.96. The molecule has 0 aromatic carbocycles. The molecular formula is C9H11BrN2S. The summed E-state index contributed by atoms with van der Waals surface area (Å²) in [6.07, 6.45) is 7.72. The quantitative estimate of drug-likeness (QED) is 0.609. The van der Waals surface area contributed by atoms with Gasteiger partial charge in [-0.05, 0) is 19.3 Å². The lowest BCUT2D eigenvalue weighted by atomic mass is 10.2. The maximum Gasteiger partial charge on any atom is 0.193 e. The zero-order valence-corrected chi connectivity index (χ0v) is 9.64. The zero-order chi connectivity index (χ0) is 9.10. The van der Waals surface area contributed by atoms with Crippen molar-refractivity contribution >= 4 is 32.2 Å². The number of rotatable bonds is 4. The minimum atomic E-state index is 1.09. The molecule has 0 saturated carbocycles. The van der Waals surface area contributed by atoms with E-state index in [4.69, 9.17) is 0 Å². The molecule has 2 aromatic rings. The highest BCUT2D eigenvalue weighted by Crippen LogP contribution is 2.13. The van der Waals surface area contributed by atoms with E-state index < -0.39 is 0 Å². The van der Waals surface area contributed by atoms with Crippen molar-refractivity contribution in [2.75, 3.05) is 5.33 Å². The Morgan fingerprint density at radius 1 is 1.46 bits per heavy atom. The molecule has 0 radical (unpaired) electrons. The first kappa shape index (κ1) is 9.21. The molecule has 0 unspecified atom stereocenters. The number of halogens is 1. The Bertz CT molecular complexity index is 351. The summed E-state index contributed by atoms with van der Waals surface area (Å²) in [6.45, 7) is 0. The van der Waals surface area contributed by atoms with Crippen LogP contribution in [0.5, 0.6) is 0 Å². The molecule has 13 heavy (non-hydrogen) atoms. The van der Waals surface area contributed by atoms with Crippen molar-refractivity contribution in [3.05, 3.63) is 23.5 Å². The summed E-state index contributed by atoms with van der Waals surface area (Å²) >= 11 is 5.12. The third-order valence-corrected chi connectivity index (χ3v) is 3.29. The van der Waals surface area contributed by atoms with Crippen molar-refractivity contribution in [3.63, 3.8) is 0 Å². The van der Waals surface area contributed by atoms with E-state index in [1.165, 1.54) is 18.5 Å². The Kier molecular flexibility index (Phi) is 3.01. The summed E-state index contributed by atoms with van der Waals surface area (Å²) < 4.78 is 2.09. The van der Waals surface area contributed by atoms with Crippen LogP contribution in [-0.2, 0) is 6.42 Å². The first-order chi connectivity index (χ1) is 6.40. The standard InChI is InChI=1S/C9H11BrN2S/c10-4-2-1-3-8-7-12-5-6-13-9(12)11-8/h5-7H,1-4H2. The third kappa shape index (κ3) is 2.11. The predicted octanol–water partition coefficient (Wildman–Crippen LogP) is 3.11. The molecule has 0 aliphatic rings. The number of nitrogens with zero attached hydrogens (tertiary/aromatic N) is 2.